The molecule has 0 aromatic heterocycles. The average molecular weight is 255 g/mol. The van der Waals surface area contributed by atoms with Gasteiger partial charge in [-0.2, -0.15) is 0 Å². The van der Waals surface area contributed by atoms with Crippen molar-refractivity contribution in [2.24, 2.45) is 0 Å². The Morgan fingerprint density at radius 2 is 1.65 bits per heavy atom. The van der Waals surface area contributed by atoms with Gasteiger partial charge in [-0.15, -0.1) is 0 Å². The van der Waals surface area contributed by atoms with E-state index in [2.05, 4.69) is 18.6 Å². The highest BCUT2D eigenvalue weighted by atomic mass is 32.2. The molecule has 1 unspecified atom stereocenters. The van der Waals surface area contributed by atoms with Crippen LogP contribution in [0.3, 0.4) is 0 Å². The number of nitrogens with one attached hydrogen (secondary N) is 1. The van der Waals surface area contributed by atoms with E-state index in [-0.39, 0.29) is 0 Å². The van der Waals surface area contributed by atoms with Crippen LogP contribution in [0.4, 0.5) is 5.69 Å². The number of rotatable bonds is 5. The summed E-state index contributed by atoms with van der Waals surface area (Å²) >= 11 is 0. The van der Waals surface area contributed by atoms with Crippen molar-refractivity contribution in [3.63, 3.8) is 0 Å². The minimum Gasteiger partial charge on any atom is -0.283 e. The molecule has 0 aliphatic heterocycles. The van der Waals surface area contributed by atoms with Crippen LogP contribution < -0.4 is 4.72 Å². The van der Waals surface area contributed by atoms with Crippen molar-refractivity contribution in [1.29, 1.82) is 0 Å². The number of sulfonamides is 1. The summed E-state index contributed by atoms with van der Waals surface area (Å²) in [4.78, 5) is 0. The summed E-state index contributed by atoms with van der Waals surface area (Å²) in [5.74, 6) is 0.505. The van der Waals surface area contributed by atoms with Gasteiger partial charge in [0.25, 0.3) is 0 Å². The maximum absolute atomic E-state index is 11.7. The van der Waals surface area contributed by atoms with E-state index in [0.29, 0.717) is 11.6 Å². The SMILES string of the molecule is CCC(C)c1ccc(NS(=O)(=O)C(C)C)cc1. The third-order valence-electron chi connectivity index (χ3n) is 2.97. The van der Waals surface area contributed by atoms with Crippen molar-refractivity contribution >= 4 is 15.7 Å². The van der Waals surface area contributed by atoms with Gasteiger partial charge in [0.05, 0.1) is 5.25 Å². The van der Waals surface area contributed by atoms with Crippen LogP contribution in [0.25, 0.3) is 0 Å². The fraction of sp³-hybridized carbons (Fsp3) is 0.538. The first-order chi connectivity index (χ1) is 7.86. The van der Waals surface area contributed by atoms with Gasteiger partial charge in [0.1, 0.15) is 0 Å². The Hall–Kier alpha value is -1.03. The van der Waals surface area contributed by atoms with E-state index in [4.69, 9.17) is 0 Å². The second kappa shape index (κ2) is 5.54. The maximum Gasteiger partial charge on any atom is 0.235 e. The number of hydrogen-bond acceptors (Lipinski definition) is 2. The van der Waals surface area contributed by atoms with E-state index in [9.17, 15) is 8.42 Å². The molecule has 0 aliphatic rings. The zero-order valence-electron chi connectivity index (χ0n) is 10.9. The van der Waals surface area contributed by atoms with E-state index in [1.807, 2.05) is 24.3 Å². The lowest BCUT2D eigenvalue weighted by molar-refractivity contribution is 0.593. The average Bonchev–Trinajstić information content (AvgIpc) is 2.28. The first kappa shape index (κ1) is 14.0. The maximum atomic E-state index is 11.7. The predicted octanol–water partition coefficient (Wildman–Crippen LogP) is 3.35. The number of hydrogen-bond donors (Lipinski definition) is 1. The normalized spacial score (nSPS) is 13.7. The fourth-order valence-corrected chi connectivity index (χ4v) is 2.10. The summed E-state index contributed by atoms with van der Waals surface area (Å²) in [6, 6.07) is 7.60. The summed E-state index contributed by atoms with van der Waals surface area (Å²) in [6.45, 7) is 7.62. The zero-order valence-corrected chi connectivity index (χ0v) is 11.7. The van der Waals surface area contributed by atoms with Crippen LogP contribution in [-0.2, 0) is 10.0 Å². The second-order valence-corrected chi connectivity index (χ2v) is 6.86. The van der Waals surface area contributed by atoms with Gasteiger partial charge in [-0.1, -0.05) is 26.0 Å². The van der Waals surface area contributed by atoms with Gasteiger partial charge in [-0.05, 0) is 43.9 Å². The van der Waals surface area contributed by atoms with Crippen LogP contribution in [0.5, 0.6) is 0 Å². The molecule has 1 aromatic carbocycles. The number of anilines is 1. The quantitative estimate of drug-likeness (QED) is 0.877. The summed E-state index contributed by atoms with van der Waals surface area (Å²) in [5, 5.41) is -0.420. The predicted molar refractivity (Wildman–Crippen MR) is 72.8 cm³/mol. The molecule has 0 bridgehead atoms. The molecule has 0 saturated heterocycles. The molecule has 3 nitrogen and oxygen atoms in total. The van der Waals surface area contributed by atoms with Crippen LogP contribution in [0.15, 0.2) is 24.3 Å². The Morgan fingerprint density at radius 3 is 2.06 bits per heavy atom. The number of benzene rings is 1. The Kier molecular flexibility index (Phi) is 4.57. The van der Waals surface area contributed by atoms with Crippen LogP contribution in [0.2, 0.25) is 0 Å². The summed E-state index contributed by atoms with van der Waals surface area (Å²) in [7, 11) is -3.24. The molecule has 4 heteroatoms. The molecule has 1 N–H and O–H groups in total. The molecule has 0 fully saturated rings. The first-order valence-electron chi connectivity index (χ1n) is 5.98. The van der Waals surface area contributed by atoms with Gasteiger partial charge in [0.15, 0.2) is 0 Å². The monoisotopic (exact) mass is 255 g/mol. The summed E-state index contributed by atoms with van der Waals surface area (Å²) in [6.07, 6.45) is 1.08. The molecule has 1 aromatic rings. The third kappa shape index (κ3) is 3.73. The highest BCUT2D eigenvalue weighted by Crippen LogP contribution is 2.21. The Morgan fingerprint density at radius 1 is 1.12 bits per heavy atom. The van der Waals surface area contributed by atoms with Crippen LogP contribution >= 0.6 is 0 Å². The van der Waals surface area contributed by atoms with E-state index < -0.39 is 15.3 Å². The molecule has 0 radical (unpaired) electrons. The Balaban J connectivity index is 2.83. The second-order valence-electron chi connectivity index (χ2n) is 4.63. The lowest BCUT2D eigenvalue weighted by Gasteiger charge is -2.13. The first-order valence-corrected chi connectivity index (χ1v) is 7.53. The van der Waals surface area contributed by atoms with Gasteiger partial charge in [0.2, 0.25) is 10.0 Å². The van der Waals surface area contributed by atoms with Gasteiger partial charge in [-0.25, -0.2) is 8.42 Å². The summed E-state index contributed by atoms with van der Waals surface area (Å²) in [5.41, 5.74) is 1.87. The van der Waals surface area contributed by atoms with Gasteiger partial charge >= 0.3 is 0 Å². The molecular weight excluding hydrogens is 234 g/mol. The van der Waals surface area contributed by atoms with Gasteiger partial charge < -0.3 is 0 Å². The molecular formula is C13H21NO2S. The molecule has 1 atom stereocenters. The van der Waals surface area contributed by atoms with Crippen molar-refractivity contribution in [3.05, 3.63) is 29.8 Å². The minimum atomic E-state index is -3.24. The van der Waals surface area contributed by atoms with Crippen LogP contribution in [-0.4, -0.2) is 13.7 Å². The van der Waals surface area contributed by atoms with Crippen molar-refractivity contribution in [3.8, 4) is 0 Å². The van der Waals surface area contributed by atoms with Crippen LogP contribution in [0, 0.1) is 0 Å². The molecule has 96 valence electrons. The van der Waals surface area contributed by atoms with Crippen molar-refractivity contribution < 1.29 is 8.42 Å². The smallest absolute Gasteiger partial charge is 0.235 e. The summed E-state index contributed by atoms with van der Waals surface area (Å²) < 4.78 is 25.9. The lowest BCUT2D eigenvalue weighted by atomic mass is 9.99. The molecule has 17 heavy (non-hydrogen) atoms. The molecule has 0 heterocycles. The van der Waals surface area contributed by atoms with Crippen molar-refractivity contribution in [2.75, 3.05) is 4.72 Å². The standard InChI is InChI=1S/C13H21NO2S/c1-5-11(4)12-6-8-13(9-7-12)14-17(15,16)10(2)3/h6-11,14H,5H2,1-4H3. The topological polar surface area (TPSA) is 46.2 Å². The van der Waals surface area contributed by atoms with E-state index >= 15 is 0 Å². The molecule has 0 amide bonds. The molecule has 0 spiro atoms. The van der Waals surface area contributed by atoms with Crippen LogP contribution in [0.1, 0.15) is 45.6 Å². The Bertz CT molecular complexity index is 449. The highest BCUT2D eigenvalue weighted by Gasteiger charge is 2.15. The zero-order chi connectivity index (χ0) is 13.1. The molecule has 1 rings (SSSR count). The van der Waals surface area contributed by atoms with Gasteiger partial charge in [0, 0.05) is 5.69 Å². The third-order valence-corrected chi connectivity index (χ3v) is 4.73. The van der Waals surface area contributed by atoms with Gasteiger partial charge in [-0.3, -0.25) is 4.72 Å². The highest BCUT2D eigenvalue weighted by molar-refractivity contribution is 7.93. The van der Waals surface area contributed by atoms with Crippen molar-refractivity contribution in [2.45, 2.75) is 45.3 Å². The largest absolute Gasteiger partial charge is 0.283 e. The van der Waals surface area contributed by atoms with E-state index in [1.54, 1.807) is 13.8 Å². The lowest BCUT2D eigenvalue weighted by Crippen LogP contribution is -2.22. The molecule has 0 saturated carbocycles. The minimum absolute atomic E-state index is 0.420. The van der Waals surface area contributed by atoms with Crippen molar-refractivity contribution in [1.82, 2.24) is 0 Å². The van der Waals surface area contributed by atoms with E-state index in [1.165, 1.54) is 5.56 Å². The Labute approximate surface area is 104 Å². The fourth-order valence-electron chi connectivity index (χ4n) is 1.40. The van der Waals surface area contributed by atoms with E-state index in [0.717, 1.165) is 6.42 Å². The molecule has 0 aliphatic carbocycles.